The number of rotatable bonds is 2. The molecule has 0 spiro atoms. The summed E-state index contributed by atoms with van der Waals surface area (Å²) in [7, 11) is 1.61. The first-order valence-electron chi connectivity index (χ1n) is 5.16. The van der Waals surface area contributed by atoms with E-state index in [1.165, 1.54) is 6.33 Å². The van der Waals surface area contributed by atoms with Gasteiger partial charge in [0.25, 0.3) is 0 Å². The molecule has 1 aromatic heterocycles. The van der Waals surface area contributed by atoms with E-state index in [9.17, 15) is 0 Å². The molecule has 1 aliphatic rings. The van der Waals surface area contributed by atoms with Crippen LogP contribution in [0.5, 0.6) is 5.88 Å². The first-order chi connectivity index (χ1) is 7.29. The number of piperidine rings is 1. The van der Waals surface area contributed by atoms with E-state index >= 15 is 0 Å². The van der Waals surface area contributed by atoms with Crippen LogP contribution in [0.3, 0.4) is 0 Å². The third-order valence-electron chi connectivity index (χ3n) is 2.62. The van der Waals surface area contributed by atoms with E-state index in [1.54, 1.807) is 7.11 Å². The van der Waals surface area contributed by atoms with Crippen LogP contribution in [-0.4, -0.2) is 36.2 Å². The van der Waals surface area contributed by atoms with Gasteiger partial charge in [-0.15, -0.1) is 12.4 Å². The second kappa shape index (κ2) is 5.86. The third-order valence-corrected chi connectivity index (χ3v) is 2.62. The minimum Gasteiger partial charge on any atom is -0.481 e. The molecular weight excluding hydrogens is 228 g/mol. The molecule has 6 heteroatoms. The van der Waals surface area contributed by atoms with Gasteiger partial charge in [0, 0.05) is 25.2 Å². The highest BCUT2D eigenvalue weighted by atomic mass is 35.5. The standard InChI is InChI=1S/C10H16N4O.ClH/c1-15-10-5-9(12-7-13-10)14-4-2-3-8(11)6-14;/h5,7-8H,2-4,6,11H2,1H3;1H. The Hall–Kier alpha value is -1.07. The molecule has 1 unspecified atom stereocenters. The highest BCUT2D eigenvalue weighted by Gasteiger charge is 2.18. The maximum Gasteiger partial charge on any atom is 0.218 e. The van der Waals surface area contributed by atoms with Gasteiger partial charge in [-0.05, 0) is 12.8 Å². The summed E-state index contributed by atoms with van der Waals surface area (Å²) >= 11 is 0. The van der Waals surface area contributed by atoms with Gasteiger partial charge in [-0.25, -0.2) is 9.97 Å². The quantitative estimate of drug-likeness (QED) is 0.835. The Morgan fingerprint density at radius 1 is 1.50 bits per heavy atom. The Morgan fingerprint density at radius 2 is 2.31 bits per heavy atom. The van der Waals surface area contributed by atoms with Crippen LogP contribution in [0, 0.1) is 0 Å². The van der Waals surface area contributed by atoms with Crippen molar-refractivity contribution in [2.45, 2.75) is 18.9 Å². The number of hydrogen-bond donors (Lipinski definition) is 1. The zero-order chi connectivity index (χ0) is 10.7. The van der Waals surface area contributed by atoms with E-state index in [0.717, 1.165) is 31.7 Å². The lowest BCUT2D eigenvalue weighted by Gasteiger charge is -2.31. The molecule has 0 bridgehead atoms. The van der Waals surface area contributed by atoms with Crippen molar-refractivity contribution in [2.75, 3.05) is 25.1 Å². The fourth-order valence-corrected chi connectivity index (χ4v) is 1.83. The number of ether oxygens (including phenoxy) is 1. The Kier molecular flexibility index (Phi) is 4.76. The molecule has 0 saturated carbocycles. The summed E-state index contributed by atoms with van der Waals surface area (Å²) in [6, 6.07) is 2.10. The van der Waals surface area contributed by atoms with E-state index in [0.29, 0.717) is 5.88 Å². The van der Waals surface area contributed by atoms with Crippen molar-refractivity contribution in [3.63, 3.8) is 0 Å². The molecule has 0 amide bonds. The molecule has 90 valence electrons. The lowest BCUT2D eigenvalue weighted by molar-refractivity contribution is 0.396. The summed E-state index contributed by atoms with van der Waals surface area (Å²) in [5, 5.41) is 0. The topological polar surface area (TPSA) is 64.3 Å². The summed E-state index contributed by atoms with van der Waals surface area (Å²) in [6.07, 6.45) is 3.74. The van der Waals surface area contributed by atoms with Crippen molar-refractivity contribution in [1.29, 1.82) is 0 Å². The molecule has 5 nitrogen and oxygen atoms in total. The zero-order valence-electron chi connectivity index (χ0n) is 9.30. The second-order valence-electron chi connectivity index (χ2n) is 3.77. The van der Waals surface area contributed by atoms with Gasteiger partial charge in [0.15, 0.2) is 0 Å². The predicted molar refractivity (Wildman–Crippen MR) is 65.3 cm³/mol. The summed E-state index contributed by atoms with van der Waals surface area (Å²) in [6.45, 7) is 1.87. The van der Waals surface area contributed by atoms with Gasteiger partial charge in [0.05, 0.1) is 7.11 Å². The fraction of sp³-hybridized carbons (Fsp3) is 0.600. The molecule has 1 atom stereocenters. The Labute approximate surface area is 101 Å². The van der Waals surface area contributed by atoms with E-state index in [2.05, 4.69) is 14.9 Å². The van der Waals surface area contributed by atoms with E-state index < -0.39 is 0 Å². The maximum absolute atomic E-state index is 5.92. The summed E-state index contributed by atoms with van der Waals surface area (Å²) < 4.78 is 5.06. The van der Waals surface area contributed by atoms with Crippen molar-refractivity contribution >= 4 is 18.2 Å². The molecule has 2 rings (SSSR count). The van der Waals surface area contributed by atoms with Gasteiger partial charge in [0.2, 0.25) is 5.88 Å². The highest BCUT2D eigenvalue weighted by Crippen LogP contribution is 2.19. The number of nitrogens with zero attached hydrogens (tertiary/aromatic N) is 3. The minimum absolute atomic E-state index is 0. The van der Waals surface area contributed by atoms with Gasteiger partial charge < -0.3 is 15.4 Å². The molecule has 1 fully saturated rings. The normalized spacial score (nSPS) is 20.1. The number of nitrogens with two attached hydrogens (primary N) is 1. The van der Waals surface area contributed by atoms with Crippen LogP contribution in [0.15, 0.2) is 12.4 Å². The Bertz CT molecular complexity index is 336. The Balaban J connectivity index is 0.00000128. The van der Waals surface area contributed by atoms with E-state index in [-0.39, 0.29) is 18.4 Å². The molecule has 0 radical (unpaired) electrons. The number of methoxy groups -OCH3 is 1. The van der Waals surface area contributed by atoms with Gasteiger partial charge in [0.1, 0.15) is 12.1 Å². The predicted octanol–water partition coefficient (Wildman–Crippen LogP) is 0.834. The van der Waals surface area contributed by atoms with Gasteiger partial charge in [-0.3, -0.25) is 0 Å². The SMILES string of the molecule is COc1cc(N2CCCC(N)C2)ncn1.Cl. The van der Waals surface area contributed by atoms with Gasteiger partial charge >= 0.3 is 0 Å². The van der Waals surface area contributed by atoms with Gasteiger partial charge in [-0.1, -0.05) is 0 Å². The van der Waals surface area contributed by atoms with E-state index in [4.69, 9.17) is 10.5 Å². The number of aromatic nitrogens is 2. The zero-order valence-corrected chi connectivity index (χ0v) is 10.1. The average molecular weight is 245 g/mol. The molecule has 0 aliphatic carbocycles. The maximum atomic E-state index is 5.92. The summed E-state index contributed by atoms with van der Waals surface area (Å²) in [5.74, 6) is 1.50. The van der Waals surface area contributed by atoms with Crippen LogP contribution in [0.25, 0.3) is 0 Å². The van der Waals surface area contributed by atoms with Gasteiger partial charge in [-0.2, -0.15) is 0 Å². The second-order valence-corrected chi connectivity index (χ2v) is 3.77. The summed E-state index contributed by atoms with van der Waals surface area (Å²) in [5.41, 5.74) is 5.92. The molecule has 16 heavy (non-hydrogen) atoms. The van der Waals surface area contributed by atoms with Crippen LogP contribution in [0.4, 0.5) is 5.82 Å². The first kappa shape index (κ1) is 13.0. The van der Waals surface area contributed by atoms with Crippen LogP contribution in [0.2, 0.25) is 0 Å². The minimum atomic E-state index is 0. The number of anilines is 1. The molecule has 2 N–H and O–H groups in total. The van der Waals surface area contributed by atoms with Crippen LogP contribution < -0.4 is 15.4 Å². The van der Waals surface area contributed by atoms with Crippen LogP contribution in [-0.2, 0) is 0 Å². The van der Waals surface area contributed by atoms with Crippen LogP contribution in [0.1, 0.15) is 12.8 Å². The third kappa shape index (κ3) is 2.96. The van der Waals surface area contributed by atoms with Crippen molar-refractivity contribution in [1.82, 2.24) is 9.97 Å². The number of hydrogen-bond acceptors (Lipinski definition) is 5. The monoisotopic (exact) mass is 244 g/mol. The molecule has 1 aliphatic heterocycles. The largest absolute Gasteiger partial charge is 0.481 e. The lowest BCUT2D eigenvalue weighted by atomic mass is 10.1. The Morgan fingerprint density at radius 3 is 3.00 bits per heavy atom. The average Bonchev–Trinajstić information content (AvgIpc) is 2.29. The van der Waals surface area contributed by atoms with Crippen molar-refractivity contribution in [3.8, 4) is 5.88 Å². The van der Waals surface area contributed by atoms with Crippen molar-refractivity contribution in [3.05, 3.63) is 12.4 Å². The number of halogens is 1. The summed E-state index contributed by atoms with van der Waals surface area (Å²) in [4.78, 5) is 10.4. The molecular formula is C10H17ClN4O. The van der Waals surface area contributed by atoms with E-state index in [1.807, 2.05) is 6.07 Å². The molecule has 1 aromatic rings. The van der Waals surface area contributed by atoms with Crippen molar-refractivity contribution < 1.29 is 4.74 Å². The lowest BCUT2D eigenvalue weighted by Crippen LogP contribution is -2.43. The van der Waals surface area contributed by atoms with Crippen molar-refractivity contribution in [2.24, 2.45) is 5.73 Å². The molecule has 1 saturated heterocycles. The highest BCUT2D eigenvalue weighted by molar-refractivity contribution is 5.85. The fourth-order valence-electron chi connectivity index (χ4n) is 1.83. The molecule has 0 aromatic carbocycles. The van der Waals surface area contributed by atoms with Crippen LogP contribution >= 0.6 is 12.4 Å². The first-order valence-corrected chi connectivity index (χ1v) is 5.16. The molecule has 2 heterocycles. The smallest absolute Gasteiger partial charge is 0.218 e.